The van der Waals surface area contributed by atoms with Crippen molar-refractivity contribution in [2.45, 2.75) is 19.1 Å². The SMILES string of the molecule is OC1CCCN1Nc1cccc2ccnnc12. The average Bonchev–Trinajstić information content (AvgIpc) is 2.76. The summed E-state index contributed by atoms with van der Waals surface area (Å²) in [5.74, 6) is 0. The van der Waals surface area contributed by atoms with Gasteiger partial charge in [-0.1, -0.05) is 12.1 Å². The molecule has 0 bridgehead atoms. The molecule has 0 saturated carbocycles. The van der Waals surface area contributed by atoms with Crippen molar-refractivity contribution in [1.82, 2.24) is 15.2 Å². The van der Waals surface area contributed by atoms with Gasteiger partial charge in [0.1, 0.15) is 11.7 Å². The number of fused-ring (bicyclic) bond motifs is 1. The van der Waals surface area contributed by atoms with Gasteiger partial charge in [0.15, 0.2) is 0 Å². The molecule has 1 aromatic carbocycles. The van der Waals surface area contributed by atoms with Gasteiger partial charge in [-0.3, -0.25) is 0 Å². The maximum Gasteiger partial charge on any atom is 0.124 e. The Morgan fingerprint density at radius 1 is 1.35 bits per heavy atom. The summed E-state index contributed by atoms with van der Waals surface area (Å²) in [6, 6.07) is 7.83. The van der Waals surface area contributed by atoms with Crippen LogP contribution in [-0.2, 0) is 0 Å². The molecule has 0 radical (unpaired) electrons. The van der Waals surface area contributed by atoms with Crippen LogP contribution in [-0.4, -0.2) is 33.1 Å². The molecule has 1 aliphatic rings. The van der Waals surface area contributed by atoms with Crippen LogP contribution < -0.4 is 5.43 Å². The summed E-state index contributed by atoms with van der Waals surface area (Å²) >= 11 is 0. The number of hydrazine groups is 1. The highest BCUT2D eigenvalue weighted by Crippen LogP contribution is 2.23. The number of anilines is 1. The van der Waals surface area contributed by atoms with E-state index in [0.29, 0.717) is 0 Å². The first-order valence-corrected chi connectivity index (χ1v) is 5.76. The number of nitrogens with zero attached hydrogens (tertiary/aromatic N) is 3. The Morgan fingerprint density at radius 3 is 3.12 bits per heavy atom. The zero-order valence-corrected chi connectivity index (χ0v) is 9.37. The van der Waals surface area contributed by atoms with Crippen molar-refractivity contribution in [3.63, 3.8) is 0 Å². The van der Waals surface area contributed by atoms with Crippen molar-refractivity contribution in [3.05, 3.63) is 30.5 Å². The third kappa shape index (κ3) is 1.94. The number of hydrogen-bond donors (Lipinski definition) is 2. The number of hydrogen-bond acceptors (Lipinski definition) is 5. The van der Waals surface area contributed by atoms with Crippen molar-refractivity contribution in [2.75, 3.05) is 12.0 Å². The molecule has 5 nitrogen and oxygen atoms in total. The number of aliphatic hydroxyl groups is 1. The second-order valence-corrected chi connectivity index (χ2v) is 4.20. The molecule has 1 atom stereocenters. The van der Waals surface area contributed by atoms with Crippen LogP contribution in [0.5, 0.6) is 0 Å². The van der Waals surface area contributed by atoms with E-state index >= 15 is 0 Å². The molecule has 0 aliphatic carbocycles. The highest BCUT2D eigenvalue weighted by Gasteiger charge is 2.22. The first kappa shape index (κ1) is 10.4. The number of aromatic nitrogens is 2. The quantitative estimate of drug-likeness (QED) is 0.816. The molecule has 1 unspecified atom stereocenters. The fourth-order valence-electron chi connectivity index (χ4n) is 2.14. The molecule has 3 rings (SSSR count). The largest absolute Gasteiger partial charge is 0.377 e. The van der Waals surface area contributed by atoms with E-state index in [9.17, 15) is 5.11 Å². The summed E-state index contributed by atoms with van der Waals surface area (Å²) in [4.78, 5) is 0. The van der Waals surface area contributed by atoms with E-state index in [1.807, 2.05) is 29.3 Å². The smallest absolute Gasteiger partial charge is 0.124 e. The van der Waals surface area contributed by atoms with Crippen LogP contribution in [0.4, 0.5) is 5.69 Å². The lowest BCUT2D eigenvalue weighted by Crippen LogP contribution is -2.34. The van der Waals surface area contributed by atoms with Gasteiger partial charge in [0, 0.05) is 11.9 Å². The summed E-state index contributed by atoms with van der Waals surface area (Å²) in [6.45, 7) is 0.845. The molecule has 1 saturated heterocycles. The summed E-state index contributed by atoms with van der Waals surface area (Å²) in [5.41, 5.74) is 4.93. The fraction of sp³-hybridized carbons (Fsp3) is 0.333. The number of nitrogens with one attached hydrogen (secondary N) is 1. The molecular weight excluding hydrogens is 216 g/mol. The van der Waals surface area contributed by atoms with Gasteiger partial charge < -0.3 is 10.5 Å². The topological polar surface area (TPSA) is 61.3 Å². The Balaban J connectivity index is 1.94. The third-order valence-corrected chi connectivity index (χ3v) is 3.03. The lowest BCUT2D eigenvalue weighted by atomic mass is 10.2. The molecule has 5 heteroatoms. The van der Waals surface area contributed by atoms with Gasteiger partial charge in [0.05, 0.1) is 11.9 Å². The second kappa shape index (κ2) is 4.27. The minimum Gasteiger partial charge on any atom is -0.377 e. The second-order valence-electron chi connectivity index (χ2n) is 4.20. The zero-order chi connectivity index (χ0) is 11.7. The Kier molecular flexibility index (Phi) is 2.62. The zero-order valence-electron chi connectivity index (χ0n) is 9.37. The molecule has 2 heterocycles. The molecule has 88 valence electrons. The standard InChI is InChI=1S/C12H14N4O/c17-11-5-2-8-16(11)15-10-4-1-3-9-6-7-13-14-12(9)10/h1,3-4,6-7,11,15,17H,2,5,8H2. The van der Waals surface area contributed by atoms with Crippen LogP contribution >= 0.6 is 0 Å². The molecule has 1 aromatic heterocycles. The van der Waals surface area contributed by atoms with Crippen molar-refractivity contribution in [1.29, 1.82) is 0 Å². The fourth-order valence-corrected chi connectivity index (χ4v) is 2.14. The number of rotatable bonds is 2. The van der Waals surface area contributed by atoms with E-state index in [-0.39, 0.29) is 0 Å². The van der Waals surface area contributed by atoms with Gasteiger partial charge >= 0.3 is 0 Å². The van der Waals surface area contributed by atoms with Crippen molar-refractivity contribution < 1.29 is 5.11 Å². The van der Waals surface area contributed by atoms with Crippen LogP contribution in [0.25, 0.3) is 10.9 Å². The summed E-state index contributed by atoms with van der Waals surface area (Å²) in [7, 11) is 0. The maximum atomic E-state index is 9.75. The maximum absolute atomic E-state index is 9.75. The lowest BCUT2D eigenvalue weighted by Gasteiger charge is -2.22. The normalized spacial score (nSPS) is 20.9. The molecule has 1 aliphatic heterocycles. The molecule has 0 amide bonds. The monoisotopic (exact) mass is 230 g/mol. The highest BCUT2D eigenvalue weighted by atomic mass is 16.3. The average molecular weight is 230 g/mol. The minimum absolute atomic E-state index is 0.415. The van der Waals surface area contributed by atoms with E-state index in [2.05, 4.69) is 15.6 Å². The minimum atomic E-state index is -0.415. The number of aliphatic hydroxyl groups excluding tert-OH is 1. The Morgan fingerprint density at radius 2 is 2.29 bits per heavy atom. The van der Waals surface area contributed by atoms with Crippen LogP contribution in [0.2, 0.25) is 0 Å². The first-order chi connectivity index (χ1) is 8.34. The van der Waals surface area contributed by atoms with Crippen LogP contribution in [0, 0.1) is 0 Å². The van der Waals surface area contributed by atoms with E-state index in [1.54, 1.807) is 6.20 Å². The molecule has 17 heavy (non-hydrogen) atoms. The Bertz CT molecular complexity index is 525. The van der Waals surface area contributed by atoms with Crippen LogP contribution in [0.1, 0.15) is 12.8 Å². The molecule has 2 aromatic rings. The lowest BCUT2D eigenvalue weighted by molar-refractivity contribution is 0.0565. The van der Waals surface area contributed by atoms with Gasteiger partial charge in [0.2, 0.25) is 0 Å². The van der Waals surface area contributed by atoms with Crippen molar-refractivity contribution >= 4 is 16.6 Å². The van der Waals surface area contributed by atoms with Crippen molar-refractivity contribution in [3.8, 4) is 0 Å². The van der Waals surface area contributed by atoms with E-state index in [4.69, 9.17) is 0 Å². The Hall–Kier alpha value is -1.72. The van der Waals surface area contributed by atoms with E-state index in [1.165, 1.54) is 0 Å². The molecule has 1 fully saturated rings. The summed E-state index contributed by atoms with van der Waals surface area (Å²) in [5, 5.41) is 20.7. The third-order valence-electron chi connectivity index (χ3n) is 3.03. The predicted molar refractivity (Wildman–Crippen MR) is 65.1 cm³/mol. The molecule has 2 N–H and O–H groups in total. The summed E-state index contributed by atoms with van der Waals surface area (Å²) in [6.07, 6.45) is 3.08. The van der Waals surface area contributed by atoms with Gasteiger partial charge in [-0.15, -0.1) is 5.10 Å². The Labute approximate surface area is 99.0 Å². The van der Waals surface area contributed by atoms with Crippen LogP contribution in [0.3, 0.4) is 0 Å². The van der Waals surface area contributed by atoms with Gasteiger partial charge in [0.25, 0.3) is 0 Å². The first-order valence-electron chi connectivity index (χ1n) is 5.76. The highest BCUT2D eigenvalue weighted by molar-refractivity contribution is 5.89. The molecular formula is C12H14N4O. The van der Waals surface area contributed by atoms with Gasteiger partial charge in [-0.2, -0.15) is 10.1 Å². The predicted octanol–water partition coefficient (Wildman–Crippen LogP) is 1.37. The van der Waals surface area contributed by atoms with E-state index in [0.717, 1.165) is 36.0 Å². The van der Waals surface area contributed by atoms with E-state index < -0.39 is 6.23 Å². The van der Waals surface area contributed by atoms with Crippen LogP contribution in [0.15, 0.2) is 30.5 Å². The molecule has 0 spiro atoms. The van der Waals surface area contributed by atoms with Crippen molar-refractivity contribution in [2.24, 2.45) is 0 Å². The van der Waals surface area contributed by atoms with Gasteiger partial charge in [-0.25, -0.2) is 0 Å². The summed E-state index contributed by atoms with van der Waals surface area (Å²) < 4.78 is 0. The van der Waals surface area contributed by atoms with Gasteiger partial charge in [-0.05, 0) is 25.0 Å². The number of benzene rings is 1.